The van der Waals surface area contributed by atoms with Crippen LogP contribution in [0.15, 0.2) is 294 Å². The summed E-state index contributed by atoms with van der Waals surface area (Å²) in [4.78, 5) is 81.7. The van der Waals surface area contributed by atoms with E-state index in [0.29, 0.717) is 90.1 Å². The SMILES string of the molecule is O=C(O)C(CCC1=CCCC1)Oc1ccc2oc3ccccc3c2c1.O=C(O)C(CCC1=CCCCC1)Oc1ccc(-c2cc3ccccc3s2)cc1.O=C(O)C(CCC1=CCCCC1)Oc1ccc2c(c1)CCC2.O=C(O)C(CCC1=CCCCC1)Oc1ccc2c(c1)OCO2.O=C(O)C(CCC1=CCCCC1)Oc1ccc2ccc(=O)oc2c1.O=C(O)C(CCC1=CCCCC1)Oc1ccc2oc3ccccc3c2c1. The fourth-order valence-electron chi connectivity index (χ4n) is 20.0. The van der Waals surface area contributed by atoms with Crippen LogP contribution in [0.1, 0.15) is 242 Å². The molecule has 1 aliphatic heterocycles. The molecule has 9 aromatic carbocycles. The van der Waals surface area contributed by atoms with E-state index in [2.05, 4.69) is 66.8 Å². The zero-order chi connectivity index (χ0) is 102. The van der Waals surface area contributed by atoms with E-state index in [4.69, 9.17) is 51.1 Å². The van der Waals surface area contributed by atoms with Gasteiger partial charge < -0.3 is 81.8 Å². The number of carboxylic acids is 6. The van der Waals surface area contributed by atoms with Gasteiger partial charge in [-0.1, -0.05) is 131 Å². The van der Waals surface area contributed by atoms with Crippen molar-refractivity contribution < 1.29 is 111 Å². The van der Waals surface area contributed by atoms with Crippen LogP contribution in [-0.4, -0.2) is 110 Å². The van der Waals surface area contributed by atoms with Gasteiger partial charge in [0, 0.05) is 54.7 Å². The summed E-state index contributed by atoms with van der Waals surface area (Å²) in [6.07, 6.45) is 46.1. The number of allylic oxidation sites excluding steroid dienone is 12. The van der Waals surface area contributed by atoms with Crippen molar-refractivity contribution in [2.75, 3.05) is 6.79 Å². The lowest BCUT2D eigenvalue weighted by Crippen LogP contribution is -2.27. The maximum Gasteiger partial charge on any atom is 0.344 e. The van der Waals surface area contributed by atoms with Crippen LogP contribution in [0.3, 0.4) is 0 Å². The Morgan fingerprint density at radius 2 is 0.633 bits per heavy atom. The molecule has 7 aliphatic carbocycles. The van der Waals surface area contributed by atoms with Crippen molar-refractivity contribution in [1.29, 1.82) is 0 Å². The highest BCUT2D eigenvalue weighted by Crippen LogP contribution is 2.41. The van der Waals surface area contributed by atoms with Gasteiger partial charge in [-0.2, -0.15) is 0 Å². The quantitative estimate of drug-likeness (QED) is 0.0156. The number of furan rings is 2. The summed E-state index contributed by atoms with van der Waals surface area (Å²) in [5, 5.41) is 62.6. The summed E-state index contributed by atoms with van der Waals surface area (Å²) >= 11 is 1.76. The van der Waals surface area contributed by atoms with E-state index in [1.165, 1.54) is 143 Å². The Bertz CT molecular complexity index is 6860. The van der Waals surface area contributed by atoms with Gasteiger partial charge in [0.05, 0.1) is 0 Å². The number of ether oxygens (including phenoxy) is 8. The molecule has 8 aliphatic rings. The number of hydrogen-bond acceptors (Lipinski definition) is 19. The summed E-state index contributed by atoms with van der Waals surface area (Å²) in [7, 11) is 0. The molecule has 0 saturated carbocycles. The highest BCUT2D eigenvalue weighted by atomic mass is 32.1. The molecule has 147 heavy (non-hydrogen) atoms. The van der Waals surface area contributed by atoms with Crippen LogP contribution in [0.25, 0.3) is 75.4 Å². The summed E-state index contributed by atoms with van der Waals surface area (Å²) in [5.74, 6) is -0.952. The van der Waals surface area contributed by atoms with Crippen molar-refractivity contribution in [1.82, 2.24) is 0 Å². The monoisotopic (exact) mass is 2010 g/mol. The topological polar surface area (TPSA) is 354 Å². The molecule has 4 aromatic heterocycles. The first kappa shape index (κ1) is 105. The number of fused-ring (bicyclic) bond motifs is 10. The van der Waals surface area contributed by atoms with Crippen molar-refractivity contribution in [3.05, 3.63) is 298 Å². The van der Waals surface area contributed by atoms with Gasteiger partial charge >= 0.3 is 41.4 Å². The second-order valence-corrected chi connectivity index (χ2v) is 39.7. The van der Waals surface area contributed by atoms with E-state index in [1.54, 1.807) is 65.9 Å². The van der Waals surface area contributed by atoms with E-state index >= 15 is 0 Å². The van der Waals surface area contributed by atoms with Crippen LogP contribution in [0.5, 0.6) is 46.0 Å². The third-order valence-corrected chi connectivity index (χ3v) is 29.2. The predicted octanol–water partition coefficient (Wildman–Crippen LogP) is 29.4. The average molecular weight is 2010 g/mol. The Labute approximate surface area is 859 Å². The molecule has 0 saturated heterocycles. The molecule has 0 bridgehead atoms. The maximum atomic E-state index is 11.6. The van der Waals surface area contributed by atoms with Crippen molar-refractivity contribution in [2.45, 2.75) is 281 Å². The maximum absolute atomic E-state index is 11.6. The minimum Gasteiger partial charge on any atom is -0.479 e. The molecule has 6 N–H and O–H groups in total. The second kappa shape index (κ2) is 53.0. The first-order valence-corrected chi connectivity index (χ1v) is 52.9. The van der Waals surface area contributed by atoms with E-state index in [0.717, 1.165) is 183 Å². The van der Waals surface area contributed by atoms with Crippen LogP contribution in [0, 0.1) is 0 Å². The Morgan fingerprint density at radius 1 is 0.279 bits per heavy atom. The minimum absolute atomic E-state index is 0.190. The van der Waals surface area contributed by atoms with Crippen molar-refractivity contribution in [3.8, 4) is 56.4 Å². The average Bonchev–Trinajstić information content (AvgIpc) is 1.64. The molecule has 6 atom stereocenters. The smallest absolute Gasteiger partial charge is 0.344 e. The molecule has 0 radical (unpaired) electrons. The lowest BCUT2D eigenvalue weighted by molar-refractivity contribution is -0.146. The Morgan fingerprint density at radius 3 is 1.07 bits per heavy atom. The normalized spacial score (nSPS) is 16.3. The number of para-hydroxylation sites is 2. The fraction of sp³-hybridized carbons (Fsp3) is 0.369. The first-order chi connectivity index (χ1) is 71.6. The van der Waals surface area contributed by atoms with Crippen molar-refractivity contribution in [2.24, 2.45) is 0 Å². The predicted molar refractivity (Wildman–Crippen MR) is 571 cm³/mol. The highest BCUT2D eigenvalue weighted by Gasteiger charge is 2.30. The molecular formula is C122H130O24S. The number of aryl methyl sites for hydroxylation is 2. The van der Waals surface area contributed by atoms with Gasteiger partial charge in [-0.05, 0) is 393 Å². The number of aliphatic carboxylic acids is 6. The summed E-state index contributed by atoms with van der Waals surface area (Å²) in [6, 6.07) is 64.0. The summed E-state index contributed by atoms with van der Waals surface area (Å²) in [5.41, 5.74) is 15.1. The van der Waals surface area contributed by atoms with E-state index in [-0.39, 0.29) is 6.79 Å². The van der Waals surface area contributed by atoms with Crippen LogP contribution in [0.4, 0.5) is 0 Å². The zero-order valence-corrected chi connectivity index (χ0v) is 83.9. The molecule has 25 heteroatoms. The van der Waals surface area contributed by atoms with Gasteiger partial charge in [0.1, 0.15) is 62.4 Å². The number of benzene rings is 9. The Kier molecular flexibility index (Phi) is 37.9. The van der Waals surface area contributed by atoms with Gasteiger partial charge in [0.2, 0.25) is 6.79 Å². The minimum atomic E-state index is -0.985. The summed E-state index contributed by atoms with van der Waals surface area (Å²) < 4.78 is 62.9. The van der Waals surface area contributed by atoms with E-state index in [9.17, 15) is 64.2 Å². The number of hydrogen-bond donors (Lipinski definition) is 6. The molecule has 21 rings (SSSR count). The number of carboxylic acid groups (broad SMARTS) is 6. The molecule has 5 heterocycles. The van der Waals surface area contributed by atoms with E-state index in [1.807, 2.05) is 115 Å². The molecule has 0 spiro atoms. The zero-order valence-electron chi connectivity index (χ0n) is 83.1. The molecule has 768 valence electrons. The van der Waals surface area contributed by atoms with Crippen LogP contribution < -0.4 is 43.5 Å². The van der Waals surface area contributed by atoms with Gasteiger partial charge in [-0.3, -0.25) is 0 Å². The van der Waals surface area contributed by atoms with Crippen molar-refractivity contribution in [3.63, 3.8) is 0 Å². The Hall–Kier alpha value is -14.6. The van der Waals surface area contributed by atoms with Crippen molar-refractivity contribution >= 4 is 112 Å². The number of thiophene rings is 1. The third kappa shape index (κ3) is 30.8. The molecular weight excluding hydrogens is 1880 g/mol. The molecule has 13 aromatic rings. The van der Waals surface area contributed by atoms with Crippen LogP contribution >= 0.6 is 11.3 Å². The molecule has 24 nitrogen and oxygen atoms in total. The molecule has 0 fully saturated rings. The lowest BCUT2D eigenvalue weighted by atomic mass is 9.95. The van der Waals surface area contributed by atoms with Crippen LogP contribution in [-0.2, 0) is 41.6 Å². The summed E-state index contributed by atoms with van der Waals surface area (Å²) in [6.45, 7) is 0.190. The van der Waals surface area contributed by atoms with Gasteiger partial charge in [-0.15, -0.1) is 11.3 Å². The fourth-order valence-corrected chi connectivity index (χ4v) is 21.0. The Balaban J connectivity index is 0.000000126. The van der Waals surface area contributed by atoms with Gasteiger partial charge in [-0.25, -0.2) is 33.6 Å². The van der Waals surface area contributed by atoms with Crippen LogP contribution in [0.2, 0.25) is 0 Å². The van der Waals surface area contributed by atoms with Gasteiger partial charge in [0.15, 0.2) is 48.1 Å². The van der Waals surface area contributed by atoms with E-state index < -0.39 is 78.1 Å². The number of carbonyl (C=O) groups is 6. The lowest BCUT2D eigenvalue weighted by Gasteiger charge is -2.18. The molecule has 0 amide bonds. The highest BCUT2D eigenvalue weighted by molar-refractivity contribution is 7.22. The standard InChI is InChI=1S/C24H24O3S.C22H22O4.C21H20O4.C19H20O5.C19H24O3.C17H20O5/c25-24(26)21(15-10-17-6-2-1-3-7-17)27-20-13-11-18(12-14-20)23-16-19-8-4-5-9-22(19)28-23;23-22(24)21(12-10-15-6-2-1-3-7-15)25-16-11-13-20-18(14-16)17-8-4-5-9-19(17)26-20;22-21(23)20(11-9-14-5-1-2-6-14)24-15-10-12-19-17(13-15)16-7-3-4-8-18(16)25-19;20-18-11-8-14-7-9-15(12-17(14)24-18)23-16(19(21)22)10-6-13-4-2-1-3-5-13;20-19(21)18(12-9-14-5-2-1-3-6-14)22-17-11-10-15-7-4-8-16(15)13-17;18-17(19)15(8-6-12-4-2-1-3-5-12)22-13-7-9-14-16(10-13)21-11-20-14/h4-6,8-9,11-14,16,21H,1-3,7,10,15H2,(H,25,26);4-6,8-9,11,13-14,21H,1-3,7,10,12H2,(H,23,24);3-5,7-8,10,12-13,20H,1-2,6,9,11H2,(H,22,23);4,7-9,11-12,16H,1-3,5-6,10H2,(H,21,22);5,10-11,13,18H,1-4,6-9,12H2,(H,20,21);4,7,9-10,15H,1-3,5-6,8,11H2,(H,18,19). The third-order valence-electron chi connectivity index (χ3n) is 28.0. The number of rotatable bonds is 37. The van der Waals surface area contributed by atoms with Gasteiger partial charge in [0.25, 0.3) is 0 Å². The molecule has 6 unspecified atom stereocenters. The first-order valence-electron chi connectivity index (χ1n) is 52.1. The largest absolute Gasteiger partial charge is 0.479 e. The second-order valence-electron chi connectivity index (χ2n) is 38.6.